The Morgan fingerprint density at radius 3 is 2.47 bits per heavy atom. The Morgan fingerprint density at radius 2 is 1.79 bits per heavy atom. The molecule has 0 atom stereocenters. The minimum absolute atomic E-state index is 0.121. The van der Waals surface area contributed by atoms with Crippen molar-refractivity contribution >= 4 is 21.6 Å². The largest absolute Gasteiger partial charge is 0.300 e. The van der Waals surface area contributed by atoms with Crippen molar-refractivity contribution in [1.29, 1.82) is 0 Å². The van der Waals surface area contributed by atoms with E-state index >= 15 is 0 Å². The van der Waals surface area contributed by atoms with E-state index in [0.717, 1.165) is 31.6 Å². The summed E-state index contributed by atoms with van der Waals surface area (Å²) < 4.78 is 30.6. The molecule has 1 aromatic carbocycles. The van der Waals surface area contributed by atoms with Gasteiger partial charge in [0.1, 0.15) is 5.84 Å². The number of nitrogens with zero attached hydrogens (tertiary/aromatic N) is 1. The number of benzene rings is 1. The third-order valence-corrected chi connectivity index (χ3v) is 3.75. The molecule has 19 heavy (non-hydrogen) atoms. The molecule has 104 valence electrons. The number of amidine groups is 1. The Bertz CT molecular complexity index is 552. The number of aliphatic imine (C=N–C) groups is 1. The van der Waals surface area contributed by atoms with Crippen molar-refractivity contribution in [2.24, 2.45) is 4.99 Å². The van der Waals surface area contributed by atoms with Crippen molar-refractivity contribution in [3.63, 3.8) is 0 Å². The highest BCUT2D eigenvalue weighted by Gasteiger charge is 2.08. The minimum Gasteiger partial charge on any atom is -0.300 e. The summed E-state index contributed by atoms with van der Waals surface area (Å²) in [6, 6.07) is 5.84. The molecule has 0 fully saturated rings. The Morgan fingerprint density at radius 1 is 1.05 bits per heavy atom. The molecule has 0 amide bonds. The van der Waals surface area contributed by atoms with Gasteiger partial charge in [-0.1, -0.05) is 6.42 Å². The third-order valence-electron chi connectivity index (χ3n) is 2.88. The van der Waals surface area contributed by atoms with Gasteiger partial charge >= 0.3 is 0 Å². The zero-order valence-electron chi connectivity index (χ0n) is 10.5. The van der Waals surface area contributed by atoms with Gasteiger partial charge in [0.15, 0.2) is 0 Å². The van der Waals surface area contributed by atoms with Crippen LogP contribution < -0.4 is 10.9 Å². The summed E-state index contributed by atoms with van der Waals surface area (Å²) in [6.45, 7) is 0.839. The van der Waals surface area contributed by atoms with Crippen molar-refractivity contribution in [2.45, 2.75) is 30.6 Å². The fourth-order valence-electron chi connectivity index (χ4n) is 1.83. The maximum Gasteiger partial charge on any atom is 0.294 e. The summed E-state index contributed by atoms with van der Waals surface area (Å²) in [5, 5.41) is 0. The first-order valence-corrected chi connectivity index (χ1v) is 7.62. The van der Waals surface area contributed by atoms with Crippen LogP contribution in [-0.4, -0.2) is 25.4 Å². The molecule has 7 heteroatoms. The van der Waals surface area contributed by atoms with Crippen LogP contribution in [-0.2, 0) is 10.1 Å². The van der Waals surface area contributed by atoms with Crippen LogP contribution in [0, 0.1) is 0 Å². The molecule has 1 heterocycles. The normalized spacial score (nSPS) is 16.4. The molecule has 0 aromatic heterocycles. The van der Waals surface area contributed by atoms with Crippen molar-refractivity contribution in [2.75, 3.05) is 12.0 Å². The molecule has 0 spiro atoms. The summed E-state index contributed by atoms with van der Waals surface area (Å²) in [4.78, 5) is 4.28. The average Bonchev–Trinajstić information content (AvgIpc) is 2.64. The van der Waals surface area contributed by atoms with Gasteiger partial charge in [0, 0.05) is 13.0 Å². The lowest BCUT2D eigenvalue weighted by Crippen LogP contribution is -2.29. The number of hydrogen-bond acceptors (Lipinski definition) is 5. The molecule has 2 rings (SSSR count). The van der Waals surface area contributed by atoms with E-state index in [0.29, 0.717) is 5.69 Å². The Labute approximate surface area is 112 Å². The van der Waals surface area contributed by atoms with Crippen LogP contribution in [0.2, 0.25) is 0 Å². The van der Waals surface area contributed by atoms with E-state index in [2.05, 4.69) is 15.8 Å². The van der Waals surface area contributed by atoms with Crippen LogP contribution in [0.1, 0.15) is 25.7 Å². The summed E-state index contributed by atoms with van der Waals surface area (Å²) in [6.07, 6.45) is 4.34. The van der Waals surface area contributed by atoms with Gasteiger partial charge in [0.05, 0.1) is 10.6 Å². The molecular weight excluding hydrogens is 266 g/mol. The Balaban J connectivity index is 1.94. The van der Waals surface area contributed by atoms with Gasteiger partial charge < -0.3 is 0 Å². The lowest BCUT2D eigenvalue weighted by atomic mass is 10.2. The Kier molecular flexibility index (Phi) is 4.39. The molecule has 0 saturated carbocycles. The number of rotatable bonds is 3. The minimum atomic E-state index is -4.13. The molecule has 0 radical (unpaired) electrons. The monoisotopic (exact) mass is 283 g/mol. The predicted octanol–water partition coefficient (Wildman–Crippen LogP) is 1.82. The molecule has 6 nitrogen and oxygen atoms in total. The van der Waals surface area contributed by atoms with Crippen LogP contribution in [0.25, 0.3) is 0 Å². The van der Waals surface area contributed by atoms with Crippen LogP contribution in [0.5, 0.6) is 0 Å². The lowest BCUT2D eigenvalue weighted by molar-refractivity contribution is 0.483. The molecule has 0 bridgehead atoms. The highest BCUT2D eigenvalue weighted by molar-refractivity contribution is 7.85. The first kappa shape index (κ1) is 13.8. The highest BCUT2D eigenvalue weighted by Crippen LogP contribution is 2.13. The molecule has 1 aromatic rings. The Hall–Kier alpha value is -1.60. The summed E-state index contributed by atoms with van der Waals surface area (Å²) in [7, 11) is -4.13. The third kappa shape index (κ3) is 4.22. The number of anilines is 1. The van der Waals surface area contributed by atoms with E-state index in [1.54, 1.807) is 12.1 Å². The lowest BCUT2D eigenvalue weighted by Gasteiger charge is -2.11. The van der Waals surface area contributed by atoms with Crippen LogP contribution in [0.15, 0.2) is 34.2 Å². The first-order chi connectivity index (χ1) is 9.05. The predicted molar refractivity (Wildman–Crippen MR) is 73.8 cm³/mol. The zero-order valence-corrected chi connectivity index (χ0v) is 11.3. The van der Waals surface area contributed by atoms with Crippen molar-refractivity contribution in [1.82, 2.24) is 5.43 Å². The van der Waals surface area contributed by atoms with E-state index < -0.39 is 10.1 Å². The van der Waals surface area contributed by atoms with E-state index in [-0.39, 0.29) is 4.90 Å². The van der Waals surface area contributed by atoms with Gasteiger partial charge in [-0.2, -0.15) is 8.42 Å². The van der Waals surface area contributed by atoms with Gasteiger partial charge in [0.25, 0.3) is 10.1 Å². The van der Waals surface area contributed by atoms with Crippen LogP contribution >= 0.6 is 0 Å². The molecule has 3 N–H and O–H groups in total. The van der Waals surface area contributed by atoms with Crippen LogP contribution in [0.3, 0.4) is 0 Å². The van der Waals surface area contributed by atoms with E-state index in [4.69, 9.17) is 4.55 Å². The number of hydrogen-bond donors (Lipinski definition) is 3. The SMILES string of the molecule is O=S(=O)(O)c1ccc(NNC2=NCCCCC2)cc1. The van der Waals surface area contributed by atoms with Gasteiger partial charge in [-0.25, -0.2) is 0 Å². The highest BCUT2D eigenvalue weighted by atomic mass is 32.2. The van der Waals surface area contributed by atoms with Crippen molar-refractivity contribution in [3.8, 4) is 0 Å². The topological polar surface area (TPSA) is 90.8 Å². The van der Waals surface area contributed by atoms with Crippen molar-refractivity contribution < 1.29 is 13.0 Å². The number of nitrogens with one attached hydrogen (secondary N) is 2. The maximum absolute atomic E-state index is 10.9. The summed E-state index contributed by atoms with van der Waals surface area (Å²) in [5.74, 6) is 0.913. The molecule has 0 aliphatic carbocycles. The second-order valence-corrected chi connectivity index (χ2v) is 5.81. The second-order valence-electron chi connectivity index (χ2n) is 4.39. The van der Waals surface area contributed by atoms with Gasteiger partial charge in [-0.05, 0) is 37.1 Å². The standard InChI is InChI=1S/C12H17N3O3S/c16-19(17,18)11-7-5-10(6-8-11)14-15-12-4-2-1-3-9-13-12/h5-8,14H,1-4,9H2,(H,13,15)(H,16,17,18). The van der Waals surface area contributed by atoms with E-state index in [1.165, 1.54) is 18.6 Å². The van der Waals surface area contributed by atoms with E-state index in [9.17, 15) is 8.42 Å². The zero-order chi connectivity index (χ0) is 13.7. The smallest absolute Gasteiger partial charge is 0.294 e. The molecule has 1 aliphatic rings. The molecule has 0 unspecified atom stereocenters. The summed E-state index contributed by atoms with van der Waals surface area (Å²) in [5.41, 5.74) is 6.70. The fourth-order valence-corrected chi connectivity index (χ4v) is 2.31. The molecular formula is C12H17N3O3S. The van der Waals surface area contributed by atoms with Gasteiger partial charge in [-0.3, -0.25) is 20.4 Å². The van der Waals surface area contributed by atoms with Crippen molar-refractivity contribution in [3.05, 3.63) is 24.3 Å². The fraction of sp³-hybridized carbons (Fsp3) is 0.417. The maximum atomic E-state index is 10.9. The molecule has 1 aliphatic heterocycles. The second kappa shape index (κ2) is 6.03. The molecule has 0 saturated heterocycles. The quantitative estimate of drug-likeness (QED) is 0.581. The van der Waals surface area contributed by atoms with Gasteiger partial charge in [0.2, 0.25) is 0 Å². The first-order valence-electron chi connectivity index (χ1n) is 6.18. The average molecular weight is 283 g/mol. The number of hydrazine groups is 1. The van der Waals surface area contributed by atoms with E-state index in [1.807, 2.05) is 0 Å². The summed E-state index contributed by atoms with van der Waals surface area (Å²) >= 11 is 0. The van der Waals surface area contributed by atoms with Crippen LogP contribution in [0.4, 0.5) is 5.69 Å². The van der Waals surface area contributed by atoms with Gasteiger partial charge in [-0.15, -0.1) is 0 Å².